The summed E-state index contributed by atoms with van der Waals surface area (Å²) in [6.07, 6.45) is 0.781. The van der Waals surface area contributed by atoms with Gasteiger partial charge in [0.25, 0.3) is 0 Å². The minimum absolute atomic E-state index is 0.102. The minimum Gasteiger partial charge on any atom is -0.494 e. The van der Waals surface area contributed by atoms with E-state index in [2.05, 4.69) is 18.3 Å². The first-order valence-corrected chi connectivity index (χ1v) is 9.75. The lowest BCUT2D eigenvalue weighted by Crippen LogP contribution is -2.65. The quantitative estimate of drug-likeness (QED) is 0.770. The first kappa shape index (κ1) is 17.9. The molecule has 2 aromatic carbocycles. The number of nitrogens with one attached hydrogen (secondary N) is 1. The summed E-state index contributed by atoms with van der Waals surface area (Å²) in [5, 5.41) is 4.14. The summed E-state index contributed by atoms with van der Waals surface area (Å²) >= 11 is 5.70. The van der Waals surface area contributed by atoms with Crippen molar-refractivity contribution >= 4 is 23.0 Å². The molecule has 0 spiro atoms. The van der Waals surface area contributed by atoms with E-state index in [0.29, 0.717) is 18.3 Å². The lowest BCUT2D eigenvalue weighted by atomic mass is 9.90. The molecule has 6 heteroatoms. The second-order valence-corrected chi connectivity index (χ2v) is 7.24. The van der Waals surface area contributed by atoms with Crippen molar-refractivity contribution in [3.8, 4) is 17.2 Å². The van der Waals surface area contributed by atoms with E-state index in [1.807, 2.05) is 55.1 Å². The molecule has 0 unspecified atom stereocenters. The maximum absolute atomic E-state index is 6.53. The number of benzene rings is 2. The highest BCUT2D eigenvalue weighted by molar-refractivity contribution is 7.80. The Bertz CT molecular complexity index is 855. The lowest BCUT2D eigenvalue weighted by Gasteiger charge is -2.52. The third kappa shape index (κ3) is 3.08. The molecular weight excluding hydrogens is 360 g/mol. The summed E-state index contributed by atoms with van der Waals surface area (Å²) in [5.41, 5.74) is 1.46. The lowest BCUT2D eigenvalue weighted by molar-refractivity contribution is 0.0457. The molecular formula is C21H24N2O3S. The van der Waals surface area contributed by atoms with Gasteiger partial charge in [-0.05, 0) is 63.3 Å². The Hall–Kier alpha value is -2.47. The Labute approximate surface area is 165 Å². The number of anilines is 1. The maximum Gasteiger partial charge on any atom is 0.188 e. The van der Waals surface area contributed by atoms with Gasteiger partial charge in [0.2, 0.25) is 0 Å². The van der Waals surface area contributed by atoms with E-state index in [9.17, 15) is 0 Å². The van der Waals surface area contributed by atoms with E-state index >= 15 is 0 Å². The molecule has 1 fully saturated rings. The number of fused-ring (bicyclic) bond motifs is 4. The summed E-state index contributed by atoms with van der Waals surface area (Å²) in [4.78, 5) is 2.04. The summed E-state index contributed by atoms with van der Waals surface area (Å²) in [6, 6.07) is 14.1. The number of thiocarbonyl (C=S) groups is 1. The topological polar surface area (TPSA) is 43.0 Å². The van der Waals surface area contributed by atoms with Crippen LogP contribution in [0.15, 0.2) is 42.5 Å². The van der Waals surface area contributed by atoms with Gasteiger partial charge in [0.05, 0.1) is 19.3 Å². The predicted octanol–water partition coefficient (Wildman–Crippen LogP) is 4.42. The average molecular weight is 385 g/mol. The Morgan fingerprint density at radius 1 is 1.15 bits per heavy atom. The Morgan fingerprint density at radius 2 is 1.89 bits per heavy atom. The van der Waals surface area contributed by atoms with Gasteiger partial charge in [-0.3, -0.25) is 4.90 Å². The predicted molar refractivity (Wildman–Crippen MR) is 110 cm³/mol. The molecule has 1 N–H and O–H groups in total. The van der Waals surface area contributed by atoms with Crippen LogP contribution in [0.3, 0.4) is 0 Å². The van der Waals surface area contributed by atoms with Gasteiger partial charge in [-0.1, -0.05) is 12.1 Å². The van der Waals surface area contributed by atoms with E-state index in [1.165, 1.54) is 0 Å². The van der Waals surface area contributed by atoms with E-state index in [4.69, 9.17) is 26.4 Å². The highest BCUT2D eigenvalue weighted by Gasteiger charge is 2.49. The van der Waals surface area contributed by atoms with Crippen molar-refractivity contribution in [2.45, 2.75) is 39.0 Å². The van der Waals surface area contributed by atoms with Gasteiger partial charge in [-0.15, -0.1) is 0 Å². The van der Waals surface area contributed by atoms with E-state index in [0.717, 1.165) is 34.9 Å². The fraction of sp³-hybridized carbons (Fsp3) is 0.381. The van der Waals surface area contributed by atoms with Crippen molar-refractivity contribution in [2.75, 3.05) is 18.1 Å². The number of para-hydroxylation sites is 1. The highest BCUT2D eigenvalue weighted by atomic mass is 32.1. The van der Waals surface area contributed by atoms with Crippen LogP contribution < -0.4 is 24.4 Å². The molecule has 4 rings (SSSR count). The van der Waals surface area contributed by atoms with E-state index < -0.39 is 5.72 Å². The van der Waals surface area contributed by atoms with Gasteiger partial charge < -0.3 is 19.5 Å². The summed E-state index contributed by atoms with van der Waals surface area (Å²) < 4.78 is 17.9. The van der Waals surface area contributed by atoms with Crippen LogP contribution in [0.1, 0.15) is 38.8 Å². The van der Waals surface area contributed by atoms with Crippen molar-refractivity contribution in [2.24, 2.45) is 0 Å². The summed E-state index contributed by atoms with van der Waals surface area (Å²) in [6.45, 7) is 7.26. The van der Waals surface area contributed by atoms with Crippen molar-refractivity contribution in [3.05, 3.63) is 48.0 Å². The molecule has 1 saturated heterocycles. The molecule has 2 aliphatic rings. The smallest absolute Gasteiger partial charge is 0.188 e. The molecule has 0 saturated carbocycles. The van der Waals surface area contributed by atoms with Crippen LogP contribution in [0.25, 0.3) is 0 Å². The molecule has 0 amide bonds. The van der Waals surface area contributed by atoms with Gasteiger partial charge in [0, 0.05) is 17.7 Å². The zero-order chi connectivity index (χ0) is 19.0. The number of nitrogens with zero attached hydrogens (tertiary/aromatic N) is 1. The normalized spacial score (nSPS) is 23.1. The highest BCUT2D eigenvalue weighted by Crippen LogP contribution is 2.49. The number of hydrogen-bond donors (Lipinski definition) is 1. The standard InChI is InChI=1S/C21H24N2O3S/c1-4-24-15-11-9-14(10-12-15)23-20(27)22-17-13-21(23,3)26-19-16(17)7-6-8-18(19)25-5-2/h6-12,17H,4-5,13H2,1-3H3,(H,22,27)/t17-,21+/m1/s1. The fourth-order valence-electron chi connectivity index (χ4n) is 3.88. The molecule has 142 valence electrons. The number of ether oxygens (including phenoxy) is 3. The molecule has 2 bridgehead atoms. The van der Waals surface area contributed by atoms with Crippen LogP contribution in [0.2, 0.25) is 0 Å². The van der Waals surface area contributed by atoms with Crippen molar-refractivity contribution in [1.29, 1.82) is 0 Å². The number of rotatable bonds is 5. The zero-order valence-corrected chi connectivity index (χ0v) is 16.6. The van der Waals surface area contributed by atoms with Crippen LogP contribution >= 0.6 is 12.2 Å². The van der Waals surface area contributed by atoms with E-state index in [1.54, 1.807) is 0 Å². The second-order valence-electron chi connectivity index (χ2n) is 6.85. The van der Waals surface area contributed by atoms with Gasteiger partial charge in [0.15, 0.2) is 22.3 Å². The van der Waals surface area contributed by atoms with Crippen molar-refractivity contribution in [3.63, 3.8) is 0 Å². The van der Waals surface area contributed by atoms with Crippen LogP contribution in [0.5, 0.6) is 17.2 Å². The van der Waals surface area contributed by atoms with Crippen LogP contribution in [-0.4, -0.2) is 24.1 Å². The number of hydrogen-bond acceptors (Lipinski definition) is 4. The van der Waals surface area contributed by atoms with Gasteiger partial charge in [-0.25, -0.2) is 0 Å². The Kier molecular flexibility index (Phi) is 4.60. The molecule has 2 aliphatic heterocycles. The molecule has 27 heavy (non-hydrogen) atoms. The third-order valence-corrected chi connectivity index (χ3v) is 5.27. The maximum atomic E-state index is 6.53. The van der Waals surface area contributed by atoms with Crippen LogP contribution in [-0.2, 0) is 0 Å². The van der Waals surface area contributed by atoms with Gasteiger partial charge in [0.1, 0.15) is 5.75 Å². The SMILES string of the molecule is CCOc1ccc(N2C(=S)N[C@@H]3C[C@]2(C)Oc2c(OCC)cccc23)cc1. The molecule has 0 aliphatic carbocycles. The van der Waals surface area contributed by atoms with Gasteiger partial charge in [-0.2, -0.15) is 0 Å². The van der Waals surface area contributed by atoms with Crippen molar-refractivity contribution in [1.82, 2.24) is 5.32 Å². The second kappa shape index (κ2) is 6.93. The molecule has 0 aromatic heterocycles. The first-order valence-electron chi connectivity index (χ1n) is 9.34. The molecule has 2 heterocycles. The molecule has 2 atom stereocenters. The van der Waals surface area contributed by atoms with Gasteiger partial charge >= 0.3 is 0 Å². The summed E-state index contributed by atoms with van der Waals surface area (Å²) in [5.74, 6) is 2.41. The monoisotopic (exact) mass is 384 g/mol. The van der Waals surface area contributed by atoms with Crippen LogP contribution in [0.4, 0.5) is 5.69 Å². The van der Waals surface area contributed by atoms with Crippen molar-refractivity contribution < 1.29 is 14.2 Å². The Morgan fingerprint density at radius 3 is 2.59 bits per heavy atom. The average Bonchev–Trinajstić information content (AvgIpc) is 2.64. The molecule has 0 radical (unpaired) electrons. The van der Waals surface area contributed by atoms with Crippen LogP contribution in [0, 0.1) is 0 Å². The minimum atomic E-state index is -0.597. The Balaban J connectivity index is 1.72. The fourth-order valence-corrected chi connectivity index (χ4v) is 4.32. The molecule has 2 aromatic rings. The third-order valence-electron chi connectivity index (χ3n) is 4.97. The zero-order valence-electron chi connectivity index (χ0n) is 15.8. The summed E-state index contributed by atoms with van der Waals surface area (Å²) in [7, 11) is 0. The molecule has 5 nitrogen and oxygen atoms in total. The largest absolute Gasteiger partial charge is 0.494 e. The first-order chi connectivity index (χ1) is 13.1. The van der Waals surface area contributed by atoms with E-state index in [-0.39, 0.29) is 6.04 Å².